The number of nitrogens with one attached hydrogen (secondary N) is 1. The molecule has 0 bridgehead atoms. The average Bonchev–Trinajstić information content (AvgIpc) is 2.43. The molecule has 0 saturated carbocycles. The van der Waals surface area contributed by atoms with Crippen molar-refractivity contribution in [2.45, 2.75) is 46.5 Å². The standard InChI is InChI=1S/C17H22ClN3/c1-6-12-9-7-8-10-13(12)19-15-11(2)14(18)20-16(21-15)17(3,4)5/h7-10H,6H2,1-5H3,(H,19,20,21). The van der Waals surface area contributed by atoms with Gasteiger partial charge >= 0.3 is 0 Å². The molecule has 0 spiro atoms. The largest absolute Gasteiger partial charge is 0.340 e. The van der Waals surface area contributed by atoms with Crippen LogP contribution in [0.4, 0.5) is 11.5 Å². The van der Waals surface area contributed by atoms with Gasteiger partial charge in [-0.2, -0.15) is 0 Å². The molecule has 0 fully saturated rings. The van der Waals surface area contributed by atoms with Crippen molar-refractivity contribution >= 4 is 23.1 Å². The Hall–Kier alpha value is -1.61. The number of rotatable bonds is 3. The van der Waals surface area contributed by atoms with Gasteiger partial charge in [-0.15, -0.1) is 0 Å². The molecule has 1 aromatic carbocycles. The minimum Gasteiger partial charge on any atom is -0.340 e. The van der Waals surface area contributed by atoms with Crippen LogP contribution in [-0.4, -0.2) is 9.97 Å². The highest BCUT2D eigenvalue weighted by atomic mass is 35.5. The smallest absolute Gasteiger partial charge is 0.138 e. The molecule has 0 amide bonds. The van der Waals surface area contributed by atoms with Crippen LogP contribution in [0, 0.1) is 6.92 Å². The third-order valence-electron chi connectivity index (χ3n) is 3.41. The molecular formula is C17H22ClN3. The summed E-state index contributed by atoms with van der Waals surface area (Å²) in [6, 6.07) is 8.24. The van der Waals surface area contributed by atoms with Crippen molar-refractivity contribution in [3.8, 4) is 0 Å². The highest BCUT2D eigenvalue weighted by Gasteiger charge is 2.20. The number of para-hydroxylation sites is 1. The van der Waals surface area contributed by atoms with Gasteiger partial charge in [-0.1, -0.05) is 57.5 Å². The van der Waals surface area contributed by atoms with Crippen LogP contribution in [0.1, 0.15) is 44.6 Å². The van der Waals surface area contributed by atoms with Crippen molar-refractivity contribution in [1.82, 2.24) is 9.97 Å². The Morgan fingerprint density at radius 2 is 1.81 bits per heavy atom. The summed E-state index contributed by atoms with van der Waals surface area (Å²) in [6.45, 7) is 10.3. The fourth-order valence-corrected chi connectivity index (χ4v) is 2.19. The van der Waals surface area contributed by atoms with E-state index in [2.05, 4.69) is 55.1 Å². The molecule has 1 heterocycles. The normalized spacial score (nSPS) is 11.5. The van der Waals surface area contributed by atoms with Crippen molar-refractivity contribution in [3.05, 3.63) is 46.4 Å². The van der Waals surface area contributed by atoms with Crippen molar-refractivity contribution in [2.24, 2.45) is 0 Å². The van der Waals surface area contributed by atoms with Crippen molar-refractivity contribution < 1.29 is 0 Å². The van der Waals surface area contributed by atoms with Crippen LogP contribution in [0.5, 0.6) is 0 Å². The SMILES string of the molecule is CCc1ccccc1Nc1nc(C(C)(C)C)nc(Cl)c1C. The van der Waals surface area contributed by atoms with E-state index in [4.69, 9.17) is 11.6 Å². The van der Waals surface area contributed by atoms with Gasteiger partial charge in [-0.05, 0) is 25.0 Å². The van der Waals surface area contributed by atoms with E-state index in [0.717, 1.165) is 29.3 Å². The zero-order valence-electron chi connectivity index (χ0n) is 13.3. The molecule has 2 rings (SSSR count). The minimum atomic E-state index is -0.141. The second-order valence-electron chi connectivity index (χ2n) is 6.20. The summed E-state index contributed by atoms with van der Waals surface area (Å²) in [5, 5.41) is 3.92. The van der Waals surface area contributed by atoms with Crippen LogP contribution in [0.25, 0.3) is 0 Å². The molecule has 0 aliphatic heterocycles. The predicted octanol–water partition coefficient (Wildman–Crippen LogP) is 5.04. The van der Waals surface area contributed by atoms with Crippen LogP contribution < -0.4 is 5.32 Å². The highest BCUT2D eigenvalue weighted by Crippen LogP contribution is 2.29. The number of halogens is 1. The van der Waals surface area contributed by atoms with Gasteiger partial charge in [0.2, 0.25) is 0 Å². The molecular weight excluding hydrogens is 282 g/mol. The van der Waals surface area contributed by atoms with Crippen LogP contribution in [0.15, 0.2) is 24.3 Å². The van der Waals surface area contributed by atoms with Gasteiger partial charge in [0, 0.05) is 16.7 Å². The molecule has 0 saturated heterocycles. The fourth-order valence-electron chi connectivity index (χ4n) is 2.02. The Balaban J connectivity index is 2.46. The summed E-state index contributed by atoms with van der Waals surface area (Å²) in [7, 11) is 0. The third-order valence-corrected chi connectivity index (χ3v) is 3.78. The van der Waals surface area contributed by atoms with E-state index in [-0.39, 0.29) is 5.41 Å². The van der Waals surface area contributed by atoms with Crippen LogP contribution >= 0.6 is 11.6 Å². The zero-order valence-corrected chi connectivity index (χ0v) is 14.0. The number of aryl methyl sites for hydroxylation is 1. The number of hydrogen-bond acceptors (Lipinski definition) is 3. The van der Waals surface area contributed by atoms with E-state index in [1.54, 1.807) is 0 Å². The maximum atomic E-state index is 6.27. The topological polar surface area (TPSA) is 37.8 Å². The Labute approximate surface area is 131 Å². The molecule has 1 aromatic heterocycles. The maximum Gasteiger partial charge on any atom is 0.138 e. The molecule has 21 heavy (non-hydrogen) atoms. The molecule has 3 nitrogen and oxygen atoms in total. The lowest BCUT2D eigenvalue weighted by atomic mass is 9.95. The third kappa shape index (κ3) is 3.53. The van der Waals surface area contributed by atoms with Gasteiger partial charge in [0.25, 0.3) is 0 Å². The van der Waals surface area contributed by atoms with Crippen molar-refractivity contribution in [3.63, 3.8) is 0 Å². The molecule has 1 N–H and O–H groups in total. The van der Waals surface area contributed by atoms with E-state index in [0.29, 0.717) is 5.15 Å². The van der Waals surface area contributed by atoms with Crippen molar-refractivity contribution in [1.29, 1.82) is 0 Å². The van der Waals surface area contributed by atoms with Crippen LogP contribution in [0.2, 0.25) is 5.15 Å². The molecule has 0 atom stereocenters. The monoisotopic (exact) mass is 303 g/mol. The Morgan fingerprint density at radius 1 is 1.14 bits per heavy atom. The van der Waals surface area contributed by atoms with Crippen LogP contribution in [0.3, 0.4) is 0 Å². The second kappa shape index (κ2) is 6.02. The number of nitrogens with zero attached hydrogens (tertiary/aromatic N) is 2. The zero-order chi connectivity index (χ0) is 15.6. The summed E-state index contributed by atoms with van der Waals surface area (Å²) in [5.41, 5.74) is 3.05. The number of aromatic nitrogens is 2. The molecule has 2 aromatic rings. The summed E-state index contributed by atoms with van der Waals surface area (Å²) in [4.78, 5) is 9.07. The van der Waals surface area contributed by atoms with E-state index >= 15 is 0 Å². The Bertz CT molecular complexity index is 645. The van der Waals surface area contributed by atoms with Crippen LogP contribution in [-0.2, 0) is 11.8 Å². The molecule has 0 radical (unpaired) electrons. The maximum absolute atomic E-state index is 6.27. The lowest BCUT2D eigenvalue weighted by Crippen LogP contribution is -2.17. The van der Waals surface area contributed by atoms with E-state index in [1.165, 1.54) is 5.56 Å². The van der Waals surface area contributed by atoms with Crippen molar-refractivity contribution in [2.75, 3.05) is 5.32 Å². The first-order chi connectivity index (χ1) is 9.82. The average molecular weight is 304 g/mol. The molecule has 0 unspecified atom stereocenters. The van der Waals surface area contributed by atoms with Gasteiger partial charge in [0.05, 0.1) is 0 Å². The first-order valence-electron chi connectivity index (χ1n) is 7.22. The summed E-state index contributed by atoms with van der Waals surface area (Å²) >= 11 is 6.27. The van der Waals surface area contributed by atoms with Gasteiger partial charge in [0.1, 0.15) is 16.8 Å². The summed E-state index contributed by atoms with van der Waals surface area (Å²) < 4.78 is 0. The molecule has 0 aliphatic carbocycles. The van der Waals surface area contributed by atoms with Gasteiger partial charge in [-0.25, -0.2) is 9.97 Å². The van der Waals surface area contributed by atoms with Gasteiger partial charge < -0.3 is 5.32 Å². The summed E-state index contributed by atoms with van der Waals surface area (Å²) in [6.07, 6.45) is 0.965. The minimum absolute atomic E-state index is 0.141. The summed E-state index contributed by atoms with van der Waals surface area (Å²) in [5.74, 6) is 1.52. The Kier molecular flexibility index (Phi) is 4.52. The van der Waals surface area contributed by atoms with Gasteiger partial charge in [0.15, 0.2) is 0 Å². The number of anilines is 2. The lowest BCUT2D eigenvalue weighted by Gasteiger charge is -2.20. The Morgan fingerprint density at radius 3 is 2.43 bits per heavy atom. The molecule has 0 aliphatic rings. The molecule has 112 valence electrons. The predicted molar refractivity (Wildman–Crippen MR) is 89.6 cm³/mol. The second-order valence-corrected chi connectivity index (χ2v) is 6.56. The van der Waals surface area contributed by atoms with E-state index in [1.807, 2.05) is 19.1 Å². The highest BCUT2D eigenvalue weighted by molar-refractivity contribution is 6.30. The lowest BCUT2D eigenvalue weighted by molar-refractivity contribution is 0.545. The number of benzene rings is 1. The molecule has 4 heteroatoms. The van der Waals surface area contributed by atoms with E-state index in [9.17, 15) is 0 Å². The van der Waals surface area contributed by atoms with E-state index < -0.39 is 0 Å². The number of hydrogen-bond donors (Lipinski definition) is 1. The first-order valence-corrected chi connectivity index (χ1v) is 7.60. The quantitative estimate of drug-likeness (QED) is 0.807. The fraction of sp³-hybridized carbons (Fsp3) is 0.412. The van der Waals surface area contributed by atoms with Gasteiger partial charge in [-0.3, -0.25) is 0 Å². The first kappa shape index (κ1) is 15.8.